The van der Waals surface area contributed by atoms with Gasteiger partial charge in [-0.25, -0.2) is 0 Å². The molecule has 0 radical (unpaired) electrons. The van der Waals surface area contributed by atoms with Crippen molar-refractivity contribution in [1.82, 2.24) is 5.32 Å². The molecule has 1 aliphatic carbocycles. The van der Waals surface area contributed by atoms with Crippen molar-refractivity contribution >= 4 is 21.8 Å². The molecule has 1 aliphatic heterocycles. The molecule has 124 valence electrons. The number of fused-ring (bicyclic) bond motifs is 1. The van der Waals surface area contributed by atoms with Gasteiger partial charge in [0.2, 0.25) is 0 Å². The Morgan fingerprint density at radius 2 is 1.83 bits per heavy atom. The van der Waals surface area contributed by atoms with Crippen LogP contribution >= 0.6 is 15.9 Å². The van der Waals surface area contributed by atoms with Crippen molar-refractivity contribution in [2.75, 3.05) is 19.8 Å². The normalized spacial score (nSPS) is 17.2. The van der Waals surface area contributed by atoms with Gasteiger partial charge in [-0.15, -0.1) is 0 Å². The summed E-state index contributed by atoms with van der Waals surface area (Å²) in [5.41, 5.74) is 1.89. The van der Waals surface area contributed by atoms with Gasteiger partial charge < -0.3 is 14.8 Å². The van der Waals surface area contributed by atoms with Gasteiger partial charge in [0.05, 0.1) is 5.56 Å². The Bertz CT molecular complexity index is 786. The number of nitrogens with one attached hydrogen (secondary N) is 1. The second kappa shape index (κ2) is 6.13. The third-order valence-electron chi connectivity index (χ3n) is 4.71. The van der Waals surface area contributed by atoms with E-state index in [1.807, 2.05) is 30.3 Å². The average molecular weight is 388 g/mol. The van der Waals surface area contributed by atoms with Crippen molar-refractivity contribution in [2.24, 2.45) is 0 Å². The SMILES string of the molecule is O=C(NCC1(c2ccc3c(c2)OCCO3)CC1)c1ccccc1Br. The molecule has 4 nitrogen and oxygen atoms in total. The molecule has 0 bridgehead atoms. The molecule has 2 aromatic rings. The molecule has 1 heterocycles. The van der Waals surface area contributed by atoms with Crippen LogP contribution in [0.3, 0.4) is 0 Å². The van der Waals surface area contributed by atoms with Crippen LogP contribution in [-0.4, -0.2) is 25.7 Å². The predicted octanol–water partition coefficient (Wildman–Crippen LogP) is 3.68. The van der Waals surface area contributed by atoms with Crippen molar-refractivity contribution in [3.63, 3.8) is 0 Å². The minimum Gasteiger partial charge on any atom is -0.486 e. The average Bonchev–Trinajstić information content (AvgIpc) is 3.41. The Labute approximate surface area is 149 Å². The van der Waals surface area contributed by atoms with E-state index in [4.69, 9.17) is 9.47 Å². The third-order valence-corrected chi connectivity index (χ3v) is 5.41. The number of benzene rings is 2. The van der Waals surface area contributed by atoms with Gasteiger partial charge in [0.15, 0.2) is 11.5 Å². The Morgan fingerprint density at radius 1 is 1.08 bits per heavy atom. The Morgan fingerprint density at radius 3 is 2.58 bits per heavy atom. The third kappa shape index (κ3) is 2.88. The number of rotatable bonds is 4. The van der Waals surface area contributed by atoms with Crippen molar-refractivity contribution in [2.45, 2.75) is 18.3 Å². The van der Waals surface area contributed by atoms with Crippen molar-refractivity contribution < 1.29 is 14.3 Å². The smallest absolute Gasteiger partial charge is 0.252 e. The summed E-state index contributed by atoms with van der Waals surface area (Å²) >= 11 is 3.43. The zero-order valence-electron chi connectivity index (χ0n) is 13.2. The van der Waals surface area contributed by atoms with E-state index < -0.39 is 0 Å². The summed E-state index contributed by atoms with van der Waals surface area (Å²) in [7, 11) is 0. The zero-order chi connectivity index (χ0) is 16.6. The minimum atomic E-state index is -0.0497. The molecule has 1 amide bonds. The van der Waals surface area contributed by atoms with Crippen molar-refractivity contribution in [3.05, 3.63) is 58.1 Å². The summed E-state index contributed by atoms with van der Waals surface area (Å²) in [4.78, 5) is 12.4. The highest BCUT2D eigenvalue weighted by atomic mass is 79.9. The van der Waals surface area contributed by atoms with E-state index in [-0.39, 0.29) is 11.3 Å². The molecule has 5 heteroatoms. The van der Waals surface area contributed by atoms with Crippen LogP contribution in [0.15, 0.2) is 46.9 Å². The molecule has 0 atom stereocenters. The number of halogens is 1. The van der Waals surface area contributed by atoms with Crippen molar-refractivity contribution in [1.29, 1.82) is 0 Å². The molecule has 4 rings (SSSR count). The van der Waals surface area contributed by atoms with Crippen LogP contribution in [0.5, 0.6) is 11.5 Å². The molecule has 1 fully saturated rings. The summed E-state index contributed by atoms with van der Waals surface area (Å²) in [6.45, 7) is 1.81. The van der Waals surface area contributed by atoms with Gasteiger partial charge in [-0.3, -0.25) is 4.79 Å². The van der Waals surface area contributed by atoms with E-state index in [9.17, 15) is 4.79 Å². The largest absolute Gasteiger partial charge is 0.486 e. The lowest BCUT2D eigenvalue weighted by atomic mass is 9.95. The fraction of sp³-hybridized carbons (Fsp3) is 0.316. The predicted molar refractivity (Wildman–Crippen MR) is 94.8 cm³/mol. The molecule has 0 aromatic heterocycles. The second-order valence-corrected chi connectivity index (χ2v) is 7.16. The highest BCUT2D eigenvalue weighted by molar-refractivity contribution is 9.10. The highest BCUT2D eigenvalue weighted by Gasteiger charge is 2.45. The zero-order valence-corrected chi connectivity index (χ0v) is 14.8. The molecule has 2 aliphatic rings. The monoisotopic (exact) mass is 387 g/mol. The van der Waals surface area contributed by atoms with Gasteiger partial charge in [-0.2, -0.15) is 0 Å². The van der Waals surface area contributed by atoms with Gasteiger partial charge in [0, 0.05) is 16.4 Å². The number of hydrogen-bond acceptors (Lipinski definition) is 3. The van der Waals surface area contributed by atoms with Gasteiger partial charge in [-0.05, 0) is 58.6 Å². The number of carbonyl (C=O) groups is 1. The molecule has 0 unspecified atom stereocenters. The first kappa shape index (κ1) is 15.5. The number of hydrogen-bond donors (Lipinski definition) is 1. The van der Waals surface area contributed by atoms with Crippen LogP contribution in [0.4, 0.5) is 0 Å². The number of ether oxygens (including phenoxy) is 2. The fourth-order valence-electron chi connectivity index (χ4n) is 3.08. The summed E-state index contributed by atoms with van der Waals surface area (Å²) in [5.74, 6) is 1.56. The molecule has 24 heavy (non-hydrogen) atoms. The lowest BCUT2D eigenvalue weighted by Gasteiger charge is -2.22. The van der Waals surface area contributed by atoms with Crippen molar-refractivity contribution in [3.8, 4) is 11.5 Å². The standard InChI is InChI=1S/C19H18BrNO3/c20-15-4-2-1-3-14(15)18(22)21-12-19(7-8-19)13-5-6-16-17(11-13)24-10-9-23-16/h1-6,11H,7-10,12H2,(H,21,22). The van der Waals surface area contributed by atoms with Crippen LogP contribution < -0.4 is 14.8 Å². The highest BCUT2D eigenvalue weighted by Crippen LogP contribution is 2.49. The van der Waals surface area contributed by atoms with E-state index in [1.165, 1.54) is 5.56 Å². The van der Waals surface area contributed by atoms with E-state index in [0.717, 1.165) is 28.8 Å². The van der Waals surface area contributed by atoms with Crippen LogP contribution in [-0.2, 0) is 5.41 Å². The number of carbonyl (C=O) groups excluding carboxylic acids is 1. The Hall–Kier alpha value is -2.01. The van der Waals surface area contributed by atoms with Crippen LogP contribution in [0.25, 0.3) is 0 Å². The second-order valence-electron chi connectivity index (χ2n) is 6.30. The molecular formula is C19H18BrNO3. The fourth-order valence-corrected chi connectivity index (χ4v) is 3.55. The molecule has 1 N–H and O–H groups in total. The van der Waals surface area contributed by atoms with E-state index in [1.54, 1.807) is 0 Å². The summed E-state index contributed by atoms with van der Waals surface area (Å²) in [6, 6.07) is 13.6. The Kier molecular flexibility index (Phi) is 3.96. The summed E-state index contributed by atoms with van der Waals surface area (Å²) in [5, 5.41) is 3.08. The van der Waals surface area contributed by atoms with Crippen LogP contribution in [0, 0.1) is 0 Å². The first-order chi connectivity index (χ1) is 11.7. The first-order valence-corrected chi connectivity index (χ1v) is 8.90. The molecule has 0 spiro atoms. The van der Waals surface area contributed by atoms with E-state index in [2.05, 4.69) is 33.4 Å². The van der Waals surface area contributed by atoms with Gasteiger partial charge in [0.25, 0.3) is 5.91 Å². The van der Waals surface area contributed by atoms with E-state index >= 15 is 0 Å². The number of amides is 1. The van der Waals surface area contributed by atoms with Crippen LogP contribution in [0.2, 0.25) is 0 Å². The molecule has 1 saturated carbocycles. The topological polar surface area (TPSA) is 47.6 Å². The minimum absolute atomic E-state index is 0.0206. The summed E-state index contributed by atoms with van der Waals surface area (Å²) in [6.07, 6.45) is 2.14. The van der Waals surface area contributed by atoms with Crippen LogP contribution in [0.1, 0.15) is 28.8 Å². The van der Waals surface area contributed by atoms with Gasteiger partial charge in [0.1, 0.15) is 13.2 Å². The maximum Gasteiger partial charge on any atom is 0.252 e. The lowest BCUT2D eigenvalue weighted by molar-refractivity contribution is 0.0949. The molecule has 0 saturated heterocycles. The lowest BCUT2D eigenvalue weighted by Crippen LogP contribution is -2.32. The van der Waals surface area contributed by atoms with Gasteiger partial charge in [-0.1, -0.05) is 18.2 Å². The maximum absolute atomic E-state index is 12.4. The molecular weight excluding hydrogens is 370 g/mol. The van der Waals surface area contributed by atoms with Gasteiger partial charge >= 0.3 is 0 Å². The maximum atomic E-state index is 12.4. The first-order valence-electron chi connectivity index (χ1n) is 8.11. The quantitative estimate of drug-likeness (QED) is 0.870. The van der Waals surface area contributed by atoms with E-state index in [0.29, 0.717) is 25.3 Å². The summed E-state index contributed by atoms with van der Waals surface area (Å²) < 4.78 is 12.1. The molecule has 2 aromatic carbocycles. The Balaban J connectivity index is 1.48.